The van der Waals surface area contributed by atoms with Crippen molar-refractivity contribution < 1.29 is 33.3 Å². The van der Waals surface area contributed by atoms with Crippen LogP contribution in [0, 0.1) is 0 Å². The van der Waals surface area contributed by atoms with Crippen LogP contribution in [0.15, 0.2) is 30.3 Å². The molecule has 1 aliphatic rings. The SMILES string of the molecule is COCOc1ccc(C(=O)N2CCCN2C(=O)c2c(OC)ccc(Cl)c2OC)cc1OC. The lowest BCUT2D eigenvalue weighted by molar-refractivity contribution is 0.0181. The normalized spacial score (nSPS) is 13.2. The second-order valence-electron chi connectivity index (χ2n) is 6.78. The minimum absolute atomic E-state index is 0.0430. The Balaban J connectivity index is 1.92. The molecule has 0 atom stereocenters. The van der Waals surface area contributed by atoms with E-state index in [1.165, 1.54) is 38.5 Å². The van der Waals surface area contributed by atoms with E-state index in [0.717, 1.165) is 0 Å². The predicted molar refractivity (Wildman–Crippen MR) is 117 cm³/mol. The standard InChI is InChI=1S/C22H25ClN2O7/c1-28-13-32-16-8-6-14(12-18(16)30-3)21(26)24-10-5-11-25(24)22(27)19-17(29-2)9-7-15(23)20(19)31-4/h6-9,12H,5,10-11,13H2,1-4H3. The van der Waals surface area contributed by atoms with E-state index in [9.17, 15) is 9.59 Å². The van der Waals surface area contributed by atoms with Crippen LogP contribution in [-0.4, -0.2) is 70.2 Å². The molecular formula is C22H25ClN2O7. The number of hydrazine groups is 1. The van der Waals surface area contributed by atoms with Crippen molar-refractivity contribution in [2.24, 2.45) is 0 Å². The first kappa shape index (κ1) is 23.5. The van der Waals surface area contributed by atoms with Gasteiger partial charge < -0.3 is 23.7 Å². The lowest BCUT2D eigenvalue weighted by atomic mass is 10.1. The van der Waals surface area contributed by atoms with Gasteiger partial charge in [-0.2, -0.15) is 0 Å². The monoisotopic (exact) mass is 464 g/mol. The van der Waals surface area contributed by atoms with Crippen molar-refractivity contribution >= 4 is 23.4 Å². The summed E-state index contributed by atoms with van der Waals surface area (Å²) in [6.45, 7) is 0.775. The van der Waals surface area contributed by atoms with Crippen LogP contribution >= 0.6 is 11.6 Å². The molecule has 0 aromatic heterocycles. The maximum atomic E-state index is 13.5. The Morgan fingerprint density at radius 1 is 0.875 bits per heavy atom. The quantitative estimate of drug-likeness (QED) is 0.554. The molecule has 3 rings (SSSR count). The Bertz CT molecular complexity index is 998. The smallest absolute Gasteiger partial charge is 0.280 e. The fourth-order valence-electron chi connectivity index (χ4n) is 3.47. The van der Waals surface area contributed by atoms with Crippen molar-refractivity contribution in [2.75, 3.05) is 48.3 Å². The van der Waals surface area contributed by atoms with Crippen LogP contribution in [-0.2, 0) is 4.74 Å². The highest BCUT2D eigenvalue weighted by atomic mass is 35.5. The maximum absolute atomic E-state index is 13.5. The predicted octanol–water partition coefficient (Wildman–Crippen LogP) is 3.25. The van der Waals surface area contributed by atoms with Gasteiger partial charge in [0.15, 0.2) is 24.0 Å². The van der Waals surface area contributed by atoms with E-state index in [-0.39, 0.29) is 29.0 Å². The second kappa shape index (κ2) is 10.4. The molecule has 0 N–H and O–H groups in total. The van der Waals surface area contributed by atoms with E-state index in [1.807, 2.05) is 0 Å². The molecule has 32 heavy (non-hydrogen) atoms. The Morgan fingerprint density at radius 2 is 1.53 bits per heavy atom. The third-order valence-electron chi connectivity index (χ3n) is 4.95. The first-order valence-corrected chi connectivity index (χ1v) is 10.2. The first-order chi connectivity index (χ1) is 15.5. The van der Waals surface area contributed by atoms with Crippen LogP contribution in [0.5, 0.6) is 23.0 Å². The average Bonchev–Trinajstić information content (AvgIpc) is 3.31. The summed E-state index contributed by atoms with van der Waals surface area (Å²) < 4.78 is 26.4. The van der Waals surface area contributed by atoms with E-state index in [1.54, 1.807) is 30.3 Å². The highest BCUT2D eigenvalue weighted by molar-refractivity contribution is 6.32. The van der Waals surface area contributed by atoms with Crippen molar-refractivity contribution in [1.29, 1.82) is 0 Å². The lowest BCUT2D eigenvalue weighted by Gasteiger charge is -2.29. The number of halogens is 1. The zero-order valence-electron chi connectivity index (χ0n) is 18.3. The Kier molecular flexibility index (Phi) is 7.66. The van der Waals surface area contributed by atoms with Gasteiger partial charge in [0.2, 0.25) is 0 Å². The molecule has 10 heteroatoms. The third kappa shape index (κ3) is 4.53. The van der Waals surface area contributed by atoms with Gasteiger partial charge in [0.1, 0.15) is 11.3 Å². The van der Waals surface area contributed by atoms with Gasteiger partial charge in [-0.15, -0.1) is 0 Å². The van der Waals surface area contributed by atoms with Gasteiger partial charge in [0.05, 0.1) is 26.4 Å². The van der Waals surface area contributed by atoms with Crippen LogP contribution < -0.4 is 18.9 Å². The van der Waals surface area contributed by atoms with Crippen LogP contribution in [0.4, 0.5) is 0 Å². The zero-order chi connectivity index (χ0) is 23.3. The summed E-state index contributed by atoms with van der Waals surface area (Å²) in [6, 6.07) is 7.97. The van der Waals surface area contributed by atoms with Crippen LogP contribution in [0.3, 0.4) is 0 Å². The van der Waals surface area contributed by atoms with Gasteiger partial charge in [0, 0.05) is 25.8 Å². The van der Waals surface area contributed by atoms with Gasteiger partial charge in [-0.05, 0) is 36.8 Å². The van der Waals surface area contributed by atoms with E-state index < -0.39 is 5.91 Å². The Hall–Kier alpha value is -3.17. The highest BCUT2D eigenvalue weighted by Crippen LogP contribution is 2.37. The van der Waals surface area contributed by atoms with Gasteiger partial charge >= 0.3 is 0 Å². The topological polar surface area (TPSA) is 86.8 Å². The van der Waals surface area contributed by atoms with Crippen molar-refractivity contribution in [3.8, 4) is 23.0 Å². The van der Waals surface area contributed by atoms with Gasteiger partial charge in [-0.25, -0.2) is 10.0 Å². The van der Waals surface area contributed by atoms with Crippen molar-refractivity contribution in [3.05, 3.63) is 46.5 Å². The number of benzene rings is 2. The molecule has 1 heterocycles. The van der Waals surface area contributed by atoms with Crippen LogP contribution in [0.25, 0.3) is 0 Å². The molecule has 0 unspecified atom stereocenters. The summed E-state index contributed by atoms with van der Waals surface area (Å²) in [5.41, 5.74) is 0.499. The molecule has 2 aromatic rings. The number of carbonyl (C=O) groups excluding carboxylic acids is 2. The van der Waals surface area contributed by atoms with Crippen molar-refractivity contribution in [3.63, 3.8) is 0 Å². The Labute approximate surface area is 191 Å². The molecule has 2 aromatic carbocycles. The molecule has 1 saturated heterocycles. The molecule has 0 spiro atoms. The number of nitrogens with zero attached hydrogens (tertiary/aromatic N) is 2. The zero-order valence-corrected chi connectivity index (χ0v) is 19.1. The molecule has 172 valence electrons. The summed E-state index contributed by atoms with van der Waals surface area (Å²) in [6.07, 6.45) is 0.620. The molecule has 0 bridgehead atoms. The number of carbonyl (C=O) groups is 2. The minimum Gasteiger partial charge on any atom is -0.496 e. The average molecular weight is 465 g/mol. The summed E-state index contributed by atoms with van der Waals surface area (Å²) in [5.74, 6) is 0.511. The molecule has 9 nitrogen and oxygen atoms in total. The maximum Gasteiger partial charge on any atom is 0.280 e. The third-order valence-corrected chi connectivity index (χ3v) is 5.25. The Morgan fingerprint density at radius 3 is 2.16 bits per heavy atom. The molecule has 2 amide bonds. The van der Waals surface area contributed by atoms with Crippen molar-refractivity contribution in [1.82, 2.24) is 10.0 Å². The van der Waals surface area contributed by atoms with E-state index >= 15 is 0 Å². The van der Waals surface area contributed by atoms with E-state index in [0.29, 0.717) is 42.3 Å². The number of ether oxygens (including phenoxy) is 5. The number of rotatable bonds is 8. The number of methoxy groups -OCH3 is 4. The molecule has 0 aliphatic carbocycles. The molecule has 0 radical (unpaired) electrons. The molecular weight excluding hydrogens is 440 g/mol. The second-order valence-corrected chi connectivity index (χ2v) is 7.19. The van der Waals surface area contributed by atoms with Crippen molar-refractivity contribution in [2.45, 2.75) is 6.42 Å². The highest BCUT2D eigenvalue weighted by Gasteiger charge is 2.35. The van der Waals surface area contributed by atoms with E-state index in [4.69, 9.17) is 35.3 Å². The lowest BCUT2D eigenvalue weighted by Crippen LogP contribution is -2.45. The van der Waals surface area contributed by atoms with E-state index in [2.05, 4.69) is 0 Å². The summed E-state index contributed by atoms with van der Waals surface area (Å²) >= 11 is 6.22. The van der Waals surface area contributed by atoms with Crippen LogP contribution in [0.2, 0.25) is 5.02 Å². The fraction of sp³-hybridized carbons (Fsp3) is 0.364. The van der Waals surface area contributed by atoms with Crippen LogP contribution in [0.1, 0.15) is 27.1 Å². The summed E-state index contributed by atoms with van der Waals surface area (Å²) in [4.78, 5) is 26.7. The van der Waals surface area contributed by atoms with Gasteiger partial charge in [0.25, 0.3) is 11.8 Å². The first-order valence-electron chi connectivity index (χ1n) is 9.80. The fourth-order valence-corrected chi connectivity index (χ4v) is 3.70. The summed E-state index contributed by atoms with van der Waals surface area (Å²) in [5, 5.41) is 3.04. The molecule has 0 saturated carbocycles. The number of amides is 2. The number of hydrogen-bond acceptors (Lipinski definition) is 7. The minimum atomic E-state index is -0.445. The van der Waals surface area contributed by atoms with Gasteiger partial charge in [-0.1, -0.05) is 11.6 Å². The molecule has 1 fully saturated rings. The summed E-state index contributed by atoms with van der Waals surface area (Å²) in [7, 11) is 5.86. The van der Waals surface area contributed by atoms with Gasteiger partial charge in [-0.3, -0.25) is 9.59 Å². The largest absolute Gasteiger partial charge is 0.496 e. The number of hydrogen-bond donors (Lipinski definition) is 0. The molecule has 1 aliphatic heterocycles.